The zero-order valence-corrected chi connectivity index (χ0v) is 11.5. The summed E-state index contributed by atoms with van der Waals surface area (Å²) >= 11 is 2.74. The van der Waals surface area contributed by atoms with Gasteiger partial charge in [-0.15, -0.1) is 23.1 Å². The molecule has 0 aliphatic rings. The molecule has 2 rings (SSSR count). The van der Waals surface area contributed by atoms with Crippen LogP contribution in [-0.4, -0.2) is 11.7 Å². The van der Waals surface area contributed by atoms with E-state index in [9.17, 15) is 13.6 Å². The molecule has 100 valence electrons. The molecular weight excluding hydrogens is 288 g/mol. The Morgan fingerprint density at radius 1 is 1.26 bits per heavy atom. The minimum atomic E-state index is -0.899. The fourth-order valence-electron chi connectivity index (χ4n) is 1.37. The summed E-state index contributed by atoms with van der Waals surface area (Å²) in [6.45, 7) is 0.495. The number of hydrogen-bond donors (Lipinski definition) is 1. The standard InChI is InChI=1S/C13H11F2NOS2/c14-11-4-3-9(6-12(11)15)19-8-13(17)16-7-10-2-1-5-18-10/h1-6H,7-8H2,(H,16,17). The minimum absolute atomic E-state index is 0.136. The molecule has 0 bridgehead atoms. The minimum Gasteiger partial charge on any atom is -0.350 e. The van der Waals surface area contributed by atoms with Gasteiger partial charge in [-0.3, -0.25) is 4.79 Å². The van der Waals surface area contributed by atoms with Crippen LogP contribution < -0.4 is 5.32 Å². The number of thioether (sulfide) groups is 1. The molecule has 0 aliphatic carbocycles. The first-order valence-electron chi connectivity index (χ1n) is 5.52. The number of hydrogen-bond acceptors (Lipinski definition) is 3. The lowest BCUT2D eigenvalue weighted by molar-refractivity contribution is -0.118. The fraction of sp³-hybridized carbons (Fsp3) is 0.154. The quantitative estimate of drug-likeness (QED) is 0.857. The van der Waals surface area contributed by atoms with Gasteiger partial charge in [0.05, 0.1) is 12.3 Å². The highest BCUT2D eigenvalue weighted by atomic mass is 32.2. The van der Waals surface area contributed by atoms with Crippen molar-refractivity contribution in [2.45, 2.75) is 11.4 Å². The molecule has 0 atom stereocenters. The first kappa shape index (κ1) is 14.0. The van der Waals surface area contributed by atoms with Crippen LogP contribution in [0.2, 0.25) is 0 Å². The number of carbonyl (C=O) groups excluding carboxylic acids is 1. The van der Waals surface area contributed by atoms with E-state index in [1.807, 2.05) is 17.5 Å². The van der Waals surface area contributed by atoms with Gasteiger partial charge in [0.1, 0.15) is 0 Å². The lowest BCUT2D eigenvalue weighted by atomic mass is 10.3. The van der Waals surface area contributed by atoms with Gasteiger partial charge in [-0.05, 0) is 29.6 Å². The zero-order chi connectivity index (χ0) is 13.7. The number of thiophene rings is 1. The second-order valence-corrected chi connectivity index (χ2v) is 5.80. The molecule has 0 spiro atoms. The molecule has 1 aromatic heterocycles. The van der Waals surface area contributed by atoms with Crippen LogP contribution in [0.3, 0.4) is 0 Å². The van der Waals surface area contributed by atoms with Crippen LogP contribution in [0, 0.1) is 11.6 Å². The number of rotatable bonds is 5. The van der Waals surface area contributed by atoms with Gasteiger partial charge in [0.15, 0.2) is 11.6 Å². The molecule has 0 saturated carbocycles. The lowest BCUT2D eigenvalue weighted by Gasteiger charge is -2.04. The highest BCUT2D eigenvalue weighted by Gasteiger charge is 2.06. The van der Waals surface area contributed by atoms with E-state index in [0.29, 0.717) is 11.4 Å². The number of nitrogens with one attached hydrogen (secondary N) is 1. The van der Waals surface area contributed by atoms with Gasteiger partial charge in [-0.2, -0.15) is 0 Å². The molecule has 0 fully saturated rings. The second kappa shape index (κ2) is 6.68. The largest absolute Gasteiger partial charge is 0.350 e. The van der Waals surface area contributed by atoms with Crippen molar-refractivity contribution in [2.24, 2.45) is 0 Å². The summed E-state index contributed by atoms with van der Waals surface area (Å²) in [7, 11) is 0. The maximum Gasteiger partial charge on any atom is 0.230 e. The third kappa shape index (κ3) is 4.33. The number of halogens is 2. The van der Waals surface area contributed by atoms with Crippen LogP contribution in [0.15, 0.2) is 40.6 Å². The highest BCUT2D eigenvalue weighted by Crippen LogP contribution is 2.20. The van der Waals surface area contributed by atoms with Crippen molar-refractivity contribution in [3.8, 4) is 0 Å². The van der Waals surface area contributed by atoms with E-state index in [4.69, 9.17) is 0 Å². The van der Waals surface area contributed by atoms with Crippen molar-refractivity contribution in [1.29, 1.82) is 0 Å². The first-order valence-corrected chi connectivity index (χ1v) is 7.38. The van der Waals surface area contributed by atoms with Crippen LogP contribution in [0.4, 0.5) is 8.78 Å². The Hall–Kier alpha value is -1.40. The van der Waals surface area contributed by atoms with Crippen LogP contribution >= 0.6 is 23.1 Å². The number of amides is 1. The maximum absolute atomic E-state index is 13.0. The Balaban J connectivity index is 1.78. The number of carbonyl (C=O) groups is 1. The molecule has 1 heterocycles. The first-order chi connectivity index (χ1) is 9.15. The van der Waals surface area contributed by atoms with Gasteiger partial charge < -0.3 is 5.32 Å². The van der Waals surface area contributed by atoms with Crippen molar-refractivity contribution < 1.29 is 13.6 Å². The normalized spacial score (nSPS) is 10.4. The van der Waals surface area contributed by atoms with E-state index in [-0.39, 0.29) is 11.7 Å². The SMILES string of the molecule is O=C(CSc1ccc(F)c(F)c1)NCc1cccs1. The average molecular weight is 299 g/mol. The molecular formula is C13H11F2NOS2. The third-order valence-electron chi connectivity index (χ3n) is 2.30. The summed E-state index contributed by atoms with van der Waals surface area (Å²) in [6, 6.07) is 7.46. The van der Waals surface area contributed by atoms with Crippen molar-refractivity contribution in [3.63, 3.8) is 0 Å². The van der Waals surface area contributed by atoms with Crippen LogP contribution in [0.5, 0.6) is 0 Å². The highest BCUT2D eigenvalue weighted by molar-refractivity contribution is 8.00. The summed E-state index contributed by atoms with van der Waals surface area (Å²) in [4.78, 5) is 13.2. The van der Waals surface area contributed by atoms with Gasteiger partial charge in [0.2, 0.25) is 5.91 Å². The Morgan fingerprint density at radius 2 is 2.11 bits per heavy atom. The van der Waals surface area contributed by atoms with Crippen LogP contribution in [0.25, 0.3) is 0 Å². The van der Waals surface area contributed by atoms with Gasteiger partial charge >= 0.3 is 0 Å². The second-order valence-electron chi connectivity index (χ2n) is 3.72. The van der Waals surface area contributed by atoms with E-state index in [0.717, 1.165) is 17.0 Å². The molecule has 1 N–H and O–H groups in total. The Bertz CT molecular complexity index is 558. The fourth-order valence-corrected chi connectivity index (χ4v) is 2.76. The van der Waals surface area contributed by atoms with Gasteiger partial charge in [-0.25, -0.2) is 8.78 Å². The third-order valence-corrected chi connectivity index (χ3v) is 4.17. The molecule has 19 heavy (non-hydrogen) atoms. The maximum atomic E-state index is 13.0. The Morgan fingerprint density at radius 3 is 2.79 bits per heavy atom. The van der Waals surface area contributed by atoms with E-state index < -0.39 is 11.6 Å². The van der Waals surface area contributed by atoms with Gasteiger partial charge in [0.25, 0.3) is 0 Å². The molecule has 0 saturated heterocycles. The number of benzene rings is 1. The van der Waals surface area contributed by atoms with Crippen molar-refractivity contribution in [1.82, 2.24) is 5.32 Å². The predicted molar refractivity (Wildman–Crippen MR) is 73.2 cm³/mol. The summed E-state index contributed by atoms with van der Waals surface area (Å²) in [5.41, 5.74) is 0. The molecule has 1 aromatic carbocycles. The molecule has 2 aromatic rings. The molecule has 0 aliphatic heterocycles. The van der Waals surface area contributed by atoms with E-state index in [2.05, 4.69) is 5.32 Å². The average Bonchev–Trinajstić information content (AvgIpc) is 2.91. The smallest absolute Gasteiger partial charge is 0.230 e. The zero-order valence-electron chi connectivity index (χ0n) is 9.86. The lowest BCUT2D eigenvalue weighted by Crippen LogP contribution is -2.24. The molecule has 0 unspecified atom stereocenters. The molecule has 2 nitrogen and oxygen atoms in total. The molecule has 0 radical (unpaired) electrons. The van der Waals surface area contributed by atoms with Gasteiger partial charge in [0, 0.05) is 9.77 Å². The predicted octanol–water partition coefficient (Wildman–Crippen LogP) is 3.43. The monoisotopic (exact) mass is 299 g/mol. The summed E-state index contributed by atoms with van der Waals surface area (Å²) in [6.07, 6.45) is 0. The summed E-state index contributed by atoms with van der Waals surface area (Å²) in [5, 5.41) is 4.71. The molecule has 1 amide bonds. The van der Waals surface area contributed by atoms with Gasteiger partial charge in [-0.1, -0.05) is 6.07 Å². The van der Waals surface area contributed by atoms with Crippen LogP contribution in [0.1, 0.15) is 4.88 Å². The summed E-state index contributed by atoms with van der Waals surface area (Å²) in [5.74, 6) is -1.74. The van der Waals surface area contributed by atoms with E-state index in [1.165, 1.54) is 17.8 Å². The van der Waals surface area contributed by atoms with Crippen LogP contribution in [-0.2, 0) is 11.3 Å². The molecule has 6 heteroatoms. The van der Waals surface area contributed by atoms with E-state index in [1.54, 1.807) is 11.3 Å². The topological polar surface area (TPSA) is 29.1 Å². The summed E-state index contributed by atoms with van der Waals surface area (Å²) < 4.78 is 25.7. The van der Waals surface area contributed by atoms with Crippen molar-refractivity contribution in [2.75, 3.05) is 5.75 Å². The van der Waals surface area contributed by atoms with Crippen molar-refractivity contribution in [3.05, 3.63) is 52.2 Å². The van der Waals surface area contributed by atoms with Crippen molar-refractivity contribution >= 4 is 29.0 Å². The Kier molecular flexibility index (Phi) is 4.93. The van der Waals surface area contributed by atoms with E-state index >= 15 is 0 Å². The Labute approximate surface area is 117 Å².